The lowest BCUT2D eigenvalue weighted by atomic mass is 10.1. The van der Waals surface area contributed by atoms with Crippen molar-refractivity contribution in [3.05, 3.63) is 86.6 Å². The number of hydrogen-bond acceptors (Lipinski definition) is 3. The van der Waals surface area contributed by atoms with Crippen molar-refractivity contribution in [3.8, 4) is 5.69 Å². The van der Waals surface area contributed by atoms with Crippen LogP contribution in [0.2, 0.25) is 0 Å². The summed E-state index contributed by atoms with van der Waals surface area (Å²) in [7, 11) is 0. The molecule has 0 unspecified atom stereocenters. The number of carbonyl (C=O) groups is 1. The largest absolute Gasteiger partial charge is 0.318 e. The van der Waals surface area contributed by atoms with Crippen LogP contribution in [0.1, 0.15) is 33.6 Å². The van der Waals surface area contributed by atoms with Gasteiger partial charge in [-0.1, -0.05) is 51.8 Å². The minimum absolute atomic E-state index is 0.105. The van der Waals surface area contributed by atoms with Crippen molar-refractivity contribution in [1.29, 1.82) is 0 Å². The van der Waals surface area contributed by atoms with E-state index in [1.165, 1.54) is 22.4 Å². The van der Waals surface area contributed by atoms with Crippen molar-refractivity contribution < 1.29 is 4.79 Å². The Balaban J connectivity index is 1.60. The van der Waals surface area contributed by atoms with Crippen molar-refractivity contribution in [2.45, 2.75) is 33.4 Å². The molecule has 1 amide bonds. The van der Waals surface area contributed by atoms with Crippen molar-refractivity contribution in [2.24, 2.45) is 5.10 Å². The van der Waals surface area contributed by atoms with E-state index in [0.717, 1.165) is 27.2 Å². The number of halogens is 1. The lowest BCUT2D eigenvalue weighted by Gasteiger charge is -2.13. The zero-order valence-corrected chi connectivity index (χ0v) is 20.1. The predicted molar refractivity (Wildman–Crippen MR) is 131 cm³/mol. The molecule has 0 saturated carbocycles. The fourth-order valence-corrected chi connectivity index (χ4v) is 4.85. The Morgan fingerprint density at radius 2 is 1.90 bits per heavy atom. The maximum absolute atomic E-state index is 12.1. The minimum Gasteiger partial charge on any atom is -0.318 e. The molecule has 0 fully saturated rings. The van der Waals surface area contributed by atoms with E-state index in [1.807, 2.05) is 18.2 Å². The molecule has 0 aliphatic heterocycles. The van der Waals surface area contributed by atoms with Gasteiger partial charge in [-0.2, -0.15) is 5.10 Å². The number of hydrogen-bond donors (Lipinski definition) is 1. The van der Waals surface area contributed by atoms with Crippen LogP contribution in [-0.4, -0.2) is 22.4 Å². The number of rotatable bonds is 7. The van der Waals surface area contributed by atoms with Crippen LogP contribution < -0.4 is 5.43 Å². The van der Waals surface area contributed by atoms with E-state index >= 15 is 0 Å². The monoisotopic (exact) mass is 483 g/mol. The van der Waals surface area contributed by atoms with Crippen LogP contribution in [0.25, 0.3) is 5.69 Å². The third-order valence-corrected chi connectivity index (χ3v) is 6.66. The molecule has 0 aliphatic rings. The minimum atomic E-state index is -0.105. The second-order valence-corrected chi connectivity index (χ2v) is 9.17. The molecule has 0 saturated heterocycles. The highest BCUT2D eigenvalue weighted by Crippen LogP contribution is 2.23. The van der Waals surface area contributed by atoms with Gasteiger partial charge in [-0.3, -0.25) is 4.79 Å². The Kier molecular flexibility index (Phi) is 7.56. The standard InChI is InChI=1S/C24H26BrN3OS/c1-16-9-10-23(17(2)11-16)28-18(3)12-21(19(28)4)13-26-27-24(29)15-30-14-20-7-5-6-8-22(20)25/h5-13H,14-15H2,1-4H3,(H,27,29)/b26-13-. The molecule has 1 heterocycles. The van der Waals surface area contributed by atoms with E-state index < -0.39 is 0 Å². The predicted octanol–water partition coefficient (Wildman–Crippen LogP) is 5.86. The molecule has 0 atom stereocenters. The van der Waals surface area contributed by atoms with Gasteiger partial charge in [0.15, 0.2) is 0 Å². The molecular formula is C24H26BrN3OS. The second-order valence-electron chi connectivity index (χ2n) is 7.33. The lowest BCUT2D eigenvalue weighted by Crippen LogP contribution is -2.19. The average Bonchev–Trinajstić information content (AvgIpc) is 2.97. The molecule has 3 rings (SSSR count). The first-order chi connectivity index (χ1) is 14.4. The highest BCUT2D eigenvalue weighted by Gasteiger charge is 2.11. The van der Waals surface area contributed by atoms with E-state index in [1.54, 1.807) is 18.0 Å². The average molecular weight is 484 g/mol. The number of aromatic nitrogens is 1. The summed E-state index contributed by atoms with van der Waals surface area (Å²) in [4.78, 5) is 12.1. The first-order valence-electron chi connectivity index (χ1n) is 9.76. The summed E-state index contributed by atoms with van der Waals surface area (Å²) in [5, 5.41) is 4.17. The van der Waals surface area contributed by atoms with Crippen LogP contribution in [0.4, 0.5) is 0 Å². The molecule has 4 nitrogen and oxygen atoms in total. The number of aryl methyl sites for hydroxylation is 3. The van der Waals surface area contributed by atoms with Crippen molar-refractivity contribution in [1.82, 2.24) is 9.99 Å². The smallest absolute Gasteiger partial charge is 0.250 e. The van der Waals surface area contributed by atoms with Crippen molar-refractivity contribution >= 4 is 39.8 Å². The van der Waals surface area contributed by atoms with Gasteiger partial charge in [0.2, 0.25) is 5.91 Å². The number of nitrogens with zero attached hydrogens (tertiary/aromatic N) is 2. The SMILES string of the molecule is Cc1ccc(-n2c(C)cc(/C=N\NC(=O)CSCc3ccccc3Br)c2C)c(C)c1. The van der Waals surface area contributed by atoms with Gasteiger partial charge in [0.05, 0.1) is 12.0 Å². The molecule has 2 aromatic carbocycles. The summed E-state index contributed by atoms with van der Waals surface area (Å²) in [5.41, 5.74) is 10.7. The first kappa shape index (κ1) is 22.4. The van der Waals surface area contributed by atoms with Gasteiger partial charge in [-0.25, -0.2) is 5.43 Å². The fraction of sp³-hybridized carbons (Fsp3) is 0.250. The Bertz CT molecular complexity index is 1090. The number of amides is 1. The van der Waals surface area contributed by atoms with E-state index in [9.17, 15) is 4.79 Å². The van der Waals surface area contributed by atoms with Crippen LogP contribution in [0.3, 0.4) is 0 Å². The van der Waals surface area contributed by atoms with Crippen LogP contribution >= 0.6 is 27.7 Å². The van der Waals surface area contributed by atoms with Crippen LogP contribution in [0.5, 0.6) is 0 Å². The van der Waals surface area contributed by atoms with Crippen LogP contribution in [0.15, 0.2) is 58.1 Å². The van der Waals surface area contributed by atoms with E-state index in [0.29, 0.717) is 5.75 Å². The van der Waals surface area contributed by atoms with Gasteiger partial charge >= 0.3 is 0 Å². The first-order valence-corrected chi connectivity index (χ1v) is 11.7. The molecule has 0 aliphatic carbocycles. The molecule has 0 spiro atoms. The third kappa shape index (κ3) is 5.43. The van der Waals surface area contributed by atoms with Gasteiger partial charge in [0.1, 0.15) is 0 Å². The normalized spacial score (nSPS) is 11.2. The summed E-state index contributed by atoms with van der Waals surface area (Å²) < 4.78 is 3.29. The lowest BCUT2D eigenvalue weighted by molar-refractivity contribution is -0.118. The maximum Gasteiger partial charge on any atom is 0.250 e. The maximum atomic E-state index is 12.1. The fourth-order valence-electron chi connectivity index (χ4n) is 3.42. The summed E-state index contributed by atoms with van der Waals surface area (Å²) in [6.07, 6.45) is 1.72. The molecule has 156 valence electrons. The van der Waals surface area contributed by atoms with Gasteiger partial charge in [-0.15, -0.1) is 11.8 Å². The highest BCUT2D eigenvalue weighted by molar-refractivity contribution is 9.10. The topological polar surface area (TPSA) is 46.4 Å². The molecule has 1 N–H and O–H groups in total. The number of carbonyl (C=O) groups excluding carboxylic acids is 1. The van der Waals surface area contributed by atoms with Gasteiger partial charge in [-0.05, 0) is 57.0 Å². The van der Waals surface area contributed by atoms with Crippen LogP contribution in [0, 0.1) is 27.7 Å². The third-order valence-electron chi connectivity index (χ3n) is 4.90. The van der Waals surface area contributed by atoms with E-state index in [2.05, 4.69) is 89.1 Å². The summed E-state index contributed by atoms with van der Waals surface area (Å²) in [5.74, 6) is 1.03. The summed E-state index contributed by atoms with van der Waals surface area (Å²) in [6, 6.07) is 16.6. The quantitative estimate of drug-likeness (QED) is 0.338. The van der Waals surface area contributed by atoms with E-state index in [4.69, 9.17) is 0 Å². The number of nitrogens with one attached hydrogen (secondary N) is 1. The Morgan fingerprint density at radius 1 is 1.13 bits per heavy atom. The Labute approximate surface area is 190 Å². The molecular weight excluding hydrogens is 458 g/mol. The van der Waals surface area contributed by atoms with Gasteiger partial charge < -0.3 is 4.57 Å². The highest BCUT2D eigenvalue weighted by atomic mass is 79.9. The summed E-state index contributed by atoms with van der Waals surface area (Å²) in [6.45, 7) is 8.38. The molecule has 30 heavy (non-hydrogen) atoms. The zero-order valence-electron chi connectivity index (χ0n) is 17.7. The Morgan fingerprint density at radius 3 is 2.63 bits per heavy atom. The second kappa shape index (κ2) is 10.1. The Hall–Kier alpha value is -2.31. The molecule has 0 radical (unpaired) electrons. The number of hydrazone groups is 1. The van der Waals surface area contributed by atoms with Gasteiger partial charge in [0, 0.05) is 32.9 Å². The molecule has 0 bridgehead atoms. The van der Waals surface area contributed by atoms with Crippen LogP contribution in [-0.2, 0) is 10.5 Å². The van der Waals surface area contributed by atoms with E-state index in [-0.39, 0.29) is 5.91 Å². The summed E-state index contributed by atoms with van der Waals surface area (Å²) >= 11 is 5.10. The molecule has 3 aromatic rings. The van der Waals surface area contributed by atoms with Gasteiger partial charge in [0.25, 0.3) is 0 Å². The van der Waals surface area contributed by atoms with Crippen molar-refractivity contribution in [3.63, 3.8) is 0 Å². The number of benzene rings is 2. The molecule has 6 heteroatoms. The number of thioether (sulfide) groups is 1. The van der Waals surface area contributed by atoms with Crippen molar-refractivity contribution in [2.75, 3.05) is 5.75 Å². The zero-order chi connectivity index (χ0) is 21.7. The molecule has 1 aromatic heterocycles.